The standard InChI is InChI=1S/C16H20N4O2/c1-2-22-16-13(20-6-8-21-9-7-20)11-19-15(14(16)17)12-4-3-5-18-10-12/h3-5,10-11H,2,6-9,17H2,1H3. The predicted octanol–water partition coefficient (Wildman–Crippen LogP) is 1.96. The Bertz CT molecular complexity index is 628. The zero-order valence-electron chi connectivity index (χ0n) is 12.7. The zero-order valence-corrected chi connectivity index (χ0v) is 12.7. The second-order valence-corrected chi connectivity index (χ2v) is 5.01. The van der Waals surface area contributed by atoms with Crippen molar-refractivity contribution in [3.63, 3.8) is 0 Å². The van der Waals surface area contributed by atoms with Crippen molar-refractivity contribution in [1.82, 2.24) is 9.97 Å². The number of morpholine rings is 1. The lowest BCUT2D eigenvalue weighted by Gasteiger charge is -2.30. The molecule has 2 aromatic rings. The summed E-state index contributed by atoms with van der Waals surface area (Å²) in [7, 11) is 0. The molecule has 3 rings (SSSR count). The van der Waals surface area contributed by atoms with Gasteiger partial charge in [0.25, 0.3) is 0 Å². The van der Waals surface area contributed by atoms with Gasteiger partial charge in [-0.05, 0) is 19.1 Å². The summed E-state index contributed by atoms with van der Waals surface area (Å²) in [6.45, 7) is 5.54. The van der Waals surface area contributed by atoms with Crippen LogP contribution in [-0.2, 0) is 4.74 Å². The number of nitrogen functional groups attached to an aromatic ring is 1. The van der Waals surface area contributed by atoms with Gasteiger partial charge in [-0.3, -0.25) is 9.97 Å². The van der Waals surface area contributed by atoms with Gasteiger partial charge in [-0.25, -0.2) is 0 Å². The maximum Gasteiger partial charge on any atom is 0.169 e. The van der Waals surface area contributed by atoms with Crippen LogP contribution in [0.3, 0.4) is 0 Å². The first kappa shape index (κ1) is 14.6. The van der Waals surface area contributed by atoms with Crippen LogP contribution in [0.4, 0.5) is 11.4 Å². The predicted molar refractivity (Wildman–Crippen MR) is 86.1 cm³/mol. The number of aromatic nitrogens is 2. The topological polar surface area (TPSA) is 73.5 Å². The van der Waals surface area contributed by atoms with E-state index in [1.54, 1.807) is 12.4 Å². The molecule has 0 bridgehead atoms. The normalized spacial score (nSPS) is 14.9. The Morgan fingerprint density at radius 1 is 1.32 bits per heavy atom. The van der Waals surface area contributed by atoms with E-state index >= 15 is 0 Å². The Kier molecular flexibility index (Phi) is 4.39. The van der Waals surface area contributed by atoms with Crippen molar-refractivity contribution in [3.8, 4) is 17.0 Å². The van der Waals surface area contributed by atoms with E-state index in [0.717, 1.165) is 24.3 Å². The second kappa shape index (κ2) is 6.62. The van der Waals surface area contributed by atoms with Crippen molar-refractivity contribution in [1.29, 1.82) is 0 Å². The lowest BCUT2D eigenvalue weighted by Crippen LogP contribution is -2.36. The quantitative estimate of drug-likeness (QED) is 0.930. The summed E-state index contributed by atoms with van der Waals surface area (Å²) in [5, 5.41) is 0. The van der Waals surface area contributed by atoms with Crippen LogP contribution in [-0.4, -0.2) is 42.9 Å². The molecular weight excluding hydrogens is 280 g/mol. The summed E-state index contributed by atoms with van der Waals surface area (Å²) >= 11 is 0. The van der Waals surface area contributed by atoms with E-state index in [1.807, 2.05) is 25.3 Å². The van der Waals surface area contributed by atoms with Gasteiger partial charge in [-0.2, -0.15) is 0 Å². The molecule has 0 atom stereocenters. The van der Waals surface area contributed by atoms with Crippen molar-refractivity contribution in [2.45, 2.75) is 6.92 Å². The Morgan fingerprint density at radius 3 is 2.82 bits per heavy atom. The smallest absolute Gasteiger partial charge is 0.169 e. The Balaban J connectivity index is 2.03. The van der Waals surface area contributed by atoms with Crippen molar-refractivity contribution < 1.29 is 9.47 Å². The average molecular weight is 300 g/mol. The molecule has 3 heterocycles. The van der Waals surface area contributed by atoms with Gasteiger partial charge in [0, 0.05) is 31.0 Å². The fourth-order valence-electron chi connectivity index (χ4n) is 2.56. The van der Waals surface area contributed by atoms with E-state index < -0.39 is 0 Å². The van der Waals surface area contributed by atoms with Crippen LogP contribution in [0.15, 0.2) is 30.7 Å². The lowest BCUT2D eigenvalue weighted by molar-refractivity contribution is 0.122. The molecule has 1 aliphatic heterocycles. The van der Waals surface area contributed by atoms with E-state index in [2.05, 4.69) is 14.9 Å². The van der Waals surface area contributed by atoms with E-state index in [4.69, 9.17) is 15.2 Å². The average Bonchev–Trinajstić information content (AvgIpc) is 2.58. The van der Waals surface area contributed by atoms with Crippen molar-refractivity contribution in [2.24, 2.45) is 0 Å². The fourth-order valence-corrected chi connectivity index (χ4v) is 2.56. The molecule has 22 heavy (non-hydrogen) atoms. The highest BCUT2D eigenvalue weighted by molar-refractivity contribution is 5.82. The van der Waals surface area contributed by atoms with Crippen LogP contribution < -0.4 is 15.4 Å². The van der Waals surface area contributed by atoms with E-state index in [0.29, 0.717) is 37.0 Å². The fraction of sp³-hybridized carbons (Fsp3) is 0.375. The summed E-state index contributed by atoms with van der Waals surface area (Å²) in [5.74, 6) is 0.693. The molecule has 0 aliphatic carbocycles. The lowest BCUT2D eigenvalue weighted by atomic mass is 10.1. The second-order valence-electron chi connectivity index (χ2n) is 5.01. The van der Waals surface area contributed by atoms with E-state index in [1.165, 1.54) is 0 Å². The van der Waals surface area contributed by atoms with Gasteiger partial charge >= 0.3 is 0 Å². The van der Waals surface area contributed by atoms with Crippen LogP contribution in [0.5, 0.6) is 5.75 Å². The molecule has 0 radical (unpaired) electrons. The highest BCUT2D eigenvalue weighted by Crippen LogP contribution is 2.39. The van der Waals surface area contributed by atoms with E-state index in [9.17, 15) is 0 Å². The number of nitrogens with zero attached hydrogens (tertiary/aromatic N) is 3. The van der Waals surface area contributed by atoms with Crippen LogP contribution in [0.1, 0.15) is 6.92 Å². The number of anilines is 2. The molecule has 6 nitrogen and oxygen atoms in total. The molecule has 1 fully saturated rings. The summed E-state index contributed by atoms with van der Waals surface area (Å²) in [6.07, 6.45) is 5.31. The van der Waals surface area contributed by atoms with Crippen LogP contribution in [0.25, 0.3) is 11.3 Å². The SMILES string of the molecule is CCOc1c(N2CCOCC2)cnc(-c2cccnc2)c1N. The minimum Gasteiger partial charge on any atom is -0.489 e. The van der Waals surface area contributed by atoms with Gasteiger partial charge in [-0.15, -0.1) is 0 Å². The van der Waals surface area contributed by atoms with Gasteiger partial charge < -0.3 is 20.1 Å². The van der Waals surface area contributed by atoms with Crippen molar-refractivity contribution in [3.05, 3.63) is 30.7 Å². The summed E-state index contributed by atoms with van der Waals surface area (Å²) in [6, 6.07) is 3.81. The maximum atomic E-state index is 6.34. The first-order valence-corrected chi connectivity index (χ1v) is 7.45. The van der Waals surface area contributed by atoms with Gasteiger partial charge in [-0.1, -0.05) is 0 Å². The number of ether oxygens (including phenoxy) is 2. The molecule has 116 valence electrons. The molecule has 0 saturated carbocycles. The Hall–Kier alpha value is -2.34. The number of pyridine rings is 2. The van der Waals surface area contributed by atoms with Crippen molar-refractivity contribution >= 4 is 11.4 Å². The Labute approximate surface area is 129 Å². The number of hydrogen-bond donors (Lipinski definition) is 1. The van der Waals surface area contributed by atoms with Gasteiger partial charge in [0.1, 0.15) is 11.4 Å². The van der Waals surface area contributed by atoms with Gasteiger partial charge in [0.2, 0.25) is 0 Å². The minimum atomic E-state index is 0.554. The summed E-state index contributed by atoms with van der Waals surface area (Å²) < 4.78 is 11.2. The van der Waals surface area contributed by atoms with Crippen LogP contribution in [0, 0.1) is 0 Å². The highest BCUT2D eigenvalue weighted by atomic mass is 16.5. The summed E-state index contributed by atoms with van der Waals surface area (Å²) in [5.41, 5.74) is 9.40. The number of rotatable bonds is 4. The molecular formula is C16H20N4O2. The monoisotopic (exact) mass is 300 g/mol. The maximum absolute atomic E-state index is 6.34. The number of nitrogens with two attached hydrogens (primary N) is 1. The molecule has 0 spiro atoms. The molecule has 0 aromatic carbocycles. The molecule has 6 heteroatoms. The third-order valence-electron chi connectivity index (χ3n) is 3.62. The molecule has 1 aliphatic rings. The van der Waals surface area contributed by atoms with Gasteiger partial charge in [0.05, 0.1) is 31.7 Å². The van der Waals surface area contributed by atoms with Gasteiger partial charge in [0.15, 0.2) is 5.75 Å². The number of hydrogen-bond acceptors (Lipinski definition) is 6. The molecule has 2 N–H and O–H groups in total. The van der Waals surface area contributed by atoms with Crippen LogP contribution >= 0.6 is 0 Å². The van der Waals surface area contributed by atoms with Crippen LogP contribution in [0.2, 0.25) is 0 Å². The first-order chi connectivity index (χ1) is 10.8. The van der Waals surface area contributed by atoms with Crippen molar-refractivity contribution in [2.75, 3.05) is 43.5 Å². The molecule has 0 unspecified atom stereocenters. The zero-order chi connectivity index (χ0) is 15.4. The molecule has 2 aromatic heterocycles. The molecule has 1 saturated heterocycles. The summed E-state index contributed by atoms with van der Waals surface area (Å²) in [4.78, 5) is 10.9. The Morgan fingerprint density at radius 2 is 2.14 bits per heavy atom. The first-order valence-electron chi connectivity index (χ1n) is 7.45. The largest absolute Gasteiger partial charge is 0.489 e. The third-order valence-corrected chi connectivity index (χ3v) is 3.62. The highest BCUT2D eigenvalue weighted by Gasteiger charge is 2.21. The van der Waals surface area contributed by atoms with E-state index in [-0.39, 0.29) is 0 Å². The minimum absolute atomic E-state index is 0.554. The third kappa shape index (κ3) is 2.82. The molecule has 0 amide bonds.